The van der Waals surface area contributed by atoms with Crippen LogP contribution in [0.5, 0.6) is 5.75 Å². The fourth-order valence-corrected chi connectivity index (χ4v) is 3.18. The van der Waals surface area contributed by atoms with Crippen LogP contribution >= 0.6 is 0 Å². The highest BCUT2D eigenvalue weighted by Gasteiger charge is 2.26. The van der Waals surface area contributed by atoms with Gasteiger partial charge in [-0.3, -0.25) is 24.4 Å². The summed E-state index contributed by atoms with van der Waals surface area (Å²) in [6.45, 7) is 2.99. The van der Waals surface area contributed by atoms with E-state index in [2.05, 4.69) is 5.32 Å². The first-order valence-corrected chi connectivity index (χ1v) is 9.84. The molecule has 1 aromatic heterocycles. The topological polar surface area (TPSA) is 135 Å². The van der Waals surface area contributed by atoms with E-state index in [0.717, 1.165) is 6.07 Å². The van der Waals surface area contributed by atoms with Gasteiger partial charge in [-0.05, 0) is 32.0 Å². The van der Waals surface area contributed by atoms with Crippen molar-refractivity contribution in [1.29, 1.82) is 0 Å². The minimum atomic E-state index is -1.30. The van der Waals surface area contributed by atoms with E-state index in [1.807, 2.05) is 6.07 Å². The number of non-ortho nitro benzene ring substituents is 1. The van der Waals surface area contributed by atoms with Crippen molar-refractivity contribution in [3.8, 4) is 11.4 Å². The van der Waals surface area contributed by atoms with Gasteiger partial charge in [-0.1, -0.05) is 18.2 Å². The molecule has 1 heterocycles. The first kappa shape index (κ1) is 23.3. The normalized spacial score (nSPS) is 11.5. The molecule has 0 aliphatic heterocycles. The molecule has 11 heteroatoms. The van der Waals surface area contributed by atoms with Gasteiger partial charge in [0.15, 0.2) is 6.10 Å². The average molecular weight is 454 g/mol. The second-order valence-electron chi connectivity index (χ2n) is 7.12. The van der Waals surface area contributed by atoms with Crippen molar-refractivity contribution >= 4 is 23.3 Å². The number of nitrogens with zero attached hydrogens (tertiary/aromatic N) is 3. The lowest BCUT2D eigenvalue weighted by molar-refractivity contribution is -0.384. The van der Waals surface area contributed by atoms with Crippen molar-refractivity contribution in [1.82, 2.24) is 9.36 Å². The van der Waals surface area contributed by atoms with Gasteiger partial charge in [0.1, 0.15) is 17.0 Å². The number of benzene rings is 2. The molecule has 1 unspecified atom stereocenters. The molecule has 3 rings (SSSR count). The molecule has 0 fully saturated rings. The number of nitro groups is 1. The lowest BCUT2D eigenvalue weighted by Gasteiger charge is -2.14. The number of carbonyl (C=O) groups is 2. The molecule has 172 valence electrons. The highest BCUT2D eigenvalue weighted by Crippen LogP contribution is 2.25. The highest BCUT2D eigenvalue weighted by molar-refractivity contribution is 5.98. The highest BCUT2D eigenvalue weighted by atomic mass is 16.6. The van der Waals surface area contributed by atoms with Crippen LogP contribution in [0.3, 0.4) is 0 Å². The molecule has 0 aliphatic carbocycles. The summed E-state index contributed by atoms with van der Waals surface area (Å²) in [4.78, 5) is 48.5. The van der Waals surface area contributed by atoms with Crippen LogP contribution in [0.1, 0.15) is 23.0 Å². The second-order valence-corrected chi connectivity index (χ2v) is 7.12. The van der Waals surface area contributed by atoms with E-state index in [-0.39, 0.29) is 22.7 Å². The molecule has 2 aromatic carbocycles. The quantitative estimate of drug-likeness (QED) is 0.329. The number of esters is 1. The van der Waals surface area contributed by atoms with Crippen molar-refractivity contribution in [3.63, 3.8) is 0 Å². The molecule has 0 saturated heterocycles. The number of para-hydroxylation sites is 1. The van der Waals surface area contributed by atoms with Gasteiger partial charge in [-0.25, -0.2) is 9.48 Å². The Morgan fingerprint density at radius 1 is 1.15 bits per heavy atom. The van der Waals surface area contributed by atoms with Gasteiger partial charge in [0, 0.05) is 19.2 Å². The third-order valence-corrected chi connectivity index (χ3v) is 5.07. The fraction of sp³-hybridized carbons (Fsp3) is 0.227. The SMILES string of the molecule is COc1ccc([N+](=O)[O-])cc1C(=O)OC(C)C(=O)Nc1c(C)n(C)n(-c2ccccc2)c1=O. The molecule has 0 radical (unpaired) electrons. The number of nitro benzene ring substituents is 1. The number of anilines is 1. The number of aromatic nitrogens is 2. The lowest BCUT2D eigenvalue weighted by Crippen LogP contribution is -2.32. The van der Waals surface area contributed by atoms with Crippen LogP contribution in [0.15, 0.2) is 53.3 Å². The summed E-state index contributed by atoms with van der Waals surface area (Å²) in [5.41, 5.74) is 0.174. The molecule has 0 spiro atoms. The minimum Gasteiger partial charge on any atom is -0.496 e. The number of ether oxygens (including phenoxy) is 2. The Morgan fingerprint density at radius 2 is 1.82 bits per heavy atom. The summed E-state index contributed by atoms with van der Waals surface area (Å²) in [5.74, 6) is -1.66. The summed E-state index contributed by atoms with van der Waals surface area (Å²) >= 11 is 0. The third kappa shape index (κ3) is 4.61. The van der Waals surface area contributed by atoms with Crippen LogP contribution in [-0.2, 0) is 16.6 Å². The number of hydrogen-bond donors (Lipinski definition) is 1. The molecule has 1 atom stereocenters. The van der Waals surface area contributed by atoms with Gasteiger partial charge in [-0.15, -0.1) is 0 Å². The first-order chi connectivity index (χ1) is 15.6. The smallest absolute Gasteiger partial charge is 0.342 e. The zero-order valence-corrected chi connectivity index (χ0v) is 18.4. The number of methoxy groups -OCH3 is 1. The third-order valence-electron chi connectivity index (χ3n) is 5.07. The van der Waals surface area contributed by atoms with Crippen molar-refractivity contribution in [2.24, 2.45) is 7.05 Å². The summed E-state index contributed by atoms with van der Waals surface area (Å²) in [7, 11) is 2.97. The molecular formula is C22H22N4O7. The maximum atomic E-state index is 12.9. The molecule has 11 nitrogen and oxygen atoms in total. The van der Waals surface area contributed by atoms with Crippen molar-refractivity contribution in [2.75, 3.05) is 12.4 Å². The number of rotatable bonds is 7. The second kappa shape index (κ2) is 9.39. The molecule has 3 aromatic rings. The largest absolute Gasteiger partial charge is 0.496 e. The fourth-order valence-electron chi connectivity index (χ4n) is 3.18. The lowest BCUT2D eigenvalue weighted by atomic mass is 10.1. The van der Waals surface area contributed by atoms with Crippen molar-refractivity contribution < 1.29 is 24.0 Å². The Hall–Kier alpha value is -4.41. The summed E-state index contributed by atoms with van der Waals surface area (Å²) < 4.78 is 13.2. The summed E-state index contributed by atoms with van der Waals surface area (Å²) in [6.07, 6.45) is -1.30. The zero-order chi connectivity index (χ0) is 24.3. The van der Waals surface area contributed by atoms with E-state index < -0.39 is 28.5 Å². The number of hydrogen-bond acceptors (Lipinski definition) is 7. The predicted octanol–water partition coefficient (Wildman–Crippen LogP) is 2.59. The van der Waals surface area contributed by atoms with Crippen molar-refractivity contribution in [2.45, 2.75) is 20.0 Å². The maximum Gasteiger partial charge on any atom is 0.342 e. The molecule has 1 N–H and O–H groups in total. The van der Waals surface area contributed by atoms with Crippen LogP contribution in [-0.4, -0.2) is 39.4 Å². The van der Waals surface area contributed by atoms with Gasteiger partial charge in [-0.2, -0.15) is 0 Å². The Balaban J connectivity index is 1.81. The number of nitrogens with one attached hydrogen (secondary N) is 1. The molecule has 0 bridgehead atoms. The minimum absolute atomic E-state index is 0.0437. The Labute approximate surface area is 188 Å². The van der Waals surface area contributed by atoms with Gasteiger partial charge >= 0.3 is 5.97 Å². The van der Waals surface area contributed by atoms with E-state index in [4.69, 9.17) is 9.47 Å². The molecule has 0 saturated carbocycles. The average Bonchev–Trinajstić information content (AvgIpc) is 3.01. The van der Waals surface area contributed by atoms with Gasteiger partial charge in [0.05, 0.1) is 23.4 Å². The summed E-state index contributed by atoms with van der Waals surface area (Å²) in [6, 6.07) is 12.3. The number of amides is 1. The molecule has 1 amide bonds. The predicted molar refractivity (Wildman–Crippen MR) is 119 cm³/mol. The standard InChI is InChI=1S/C22H22N4O7/c1-13-19(21(28)25(24(13)3)15-8-6-5-7-9-15)23-20(27)14(2)33-22(29)17-12-16(26(30)31)10-11-18(17)32-4/h5-12,14H,1-4H3,(H,23,27). The van der Waals surface area contributed by atoms with E-state index in [1.165, 1.54) is 30.8 Å². The van der Waals surface area contributed by atoms with E-state index in [1.54, 1.807) is 42.9 Å². The Kier molecular flexibility index (Phi) is 6.61. The van der Waals surface area contributed by atoms with Crippen LogP contribution in [0.25, 0.3) is 5.69 Å². The zero-order valence-electron chi connectivity index (χ0n) is 18.4. The van der Waals surface area contributed by atoms with Gasteiger partial charge < -0.3 is 14.8 Å². The van der Waals surface area contributed by atoms with Crippen LogP contribution in [0.4, 0.5) is 11.4 Å². The van der Waals surface area contributed by atoms with Crippen LogP contribution in [0, 0.1) is 17.0 Å². The van der Waals surface area contributed by atoms with Gasteiger partial charge in [0.25, 0.3) is 17.2 Å². The molecular weight excluding hydrogens is 432 g/mol. The number of carbonyl (C=O) groups excluding carboxylic acids is 2. The monoisotopic (exact) mass is 454 g/mol. The van der Waals surface area contributed by atoms with Crippen LogP contribution in [0.2, 0.25) is 0 Å². The first-order valence-electron chi connectivity index (χ1n) is 9.84. The Bertz CT molecular complexity index is 1280. The van der Waals surface area contributed by atoms with E-state index >= 15 is 0 Å². The van der Waals surface area contributed by atoms with Gasteiger partial charge in [0.2, 0.25) is 0 Å². The van der Waals surface area contributed by atoms with E-state index in [0.29, 0.717) is 11.4 Å². The maximum absolute atomic E-state index is 12.9. The molecule has 0 aliphatic rings. The van der Waals surface area contributed by atoms with Crippen molar-refractivity contribution in [3.05, 3.63) is 80.3 Å². The van der Waals surface area contributed by atoms with Crippen LogP contribution < -0.4 is 15.6 Å². The Morgan fingerprint density at radius 3 is 2.42 bits per heavy atom. The molecule has 33 heavy (non-hydrogen) atoms. The van der Waals surface area contributed by atoms with E-state index in [9.17, 15) is 24.5 Å². The summed E-state index contributed by atoms with van der Waals surface area (Å²) in [5, 5.41) is 13.5.